The molecule has 1 aromatic heterocycles. The monoisotopic (exact) mass is 270 g/mol. The number of rotatable bonds is 6. The zero-order valence-electron chi connectivity index (χ0n) is 11.5. The smallest absolute Gasteiger partial charge is 0.223 e. The second kappa shape index (κ2) is 6.82. The predicted molar refractivity (Wildman–Crippen MR) is 74.5 cm³/mol. The number of hydrogen-bond acceptors (Lipinski definition) is 5. The first kappa shape index (κ1) is 15.1. The summed E-state index contributed by atoms with van der Waals surface area (Å²) < 4.78 is 0. The minimum atomic E-state index is 0.0707. The summed E-state index contributed by atoms with van der Waals surface area (Å²) in [4.78, 5) is 20.9. The fraction of sp³-hybridized carbons (Fsp3) is 0.667. The third-order valence-electron chi connectivity index (χ3n) is 3.04. The number of hydrogen-bond donors (Lipinski definition) is 1. The molecule has 1 atom stereocenters. The highest BCUT2D eigenvalue weighted by molar-refractivity contribution is 7.09. The van der Waals surface area contributed by atoms with E-state index in [1.54, 1.807) is 30.3 Å². The van der Waals surface area contributed by atoms with Crippen molar-refractivity contribution in [2.24, 2.45) is 5.73 Å². The van der Waals surface area contributed by atoms with Gasteiger partial charge in [-0.1, -0.05) is 0 Å². The van der Waals surface area contributed by atoms with Gasteiger partial charge in [0.15, 0.2) is 0 Å². The number of amides is 1. The zero-order valence-corrected chi connectivity index (χ0v) is 12.3. The number of carbonyl (C=O) groups is 1. The van der Waals surface area contributed by atoms with E-state index in [0.29, 0.717) is 13.0 Å². The van der Waals surface area contributed by atoms with Gasteiger partial charge in [0.1, 0.15) is 0 Å². The van der Waals surface area contributed by atoms with Crippen LogP contribution in [0.1, 0.15) is 17.0 Å². The van der Waals surface area contributed by atoms with E-state index >= 15 is 0 Å². The Morgan fingerprint density at radius 2 is 2.17 bits per heavy atom. The van der Waals surface area contributed by atoms with Crippen LogP contribution >= 0.6 is 11.3 Å². The lowest BCUT2D eigenvalue weighted by Crippen LogP contribution is -2.41. The van der Waals surface area contributed by atoms with Crippen molar-refractivity contribution in [3.63, 3.8) is 0 Å². The number of thiazole rings is 1. The fourth-order valence-electron chi connectivity index (χ4n) is 1.64. The quantitative estimate of drug-likeness (QED) is 0.826. The minimum Gasteiger partial charge on any atom is -0.349 e. The lowest BCUT2D eigenvalue weighted by Gasteiger charge is -2.27. The van der Waals surface area contributed by atoms with Gasteiger partial charge in [0.2, 0.25) is 5.91 Å². The van der Waals surface area contributed by atoms with Crippen molar-refractivity contribution >= 4 is 17.2 Å². The van der Waals surface area contributed by atoms with Crippen LogP contribution in [-0.2, 0) is 11.3 Å². The molecule has 0 spiro atoms. The van der Waals surface area contributed by atoms with Gasteiger partial charge in [-0.05, 0) is 14.0 Å². The molecule has 18 heavy (non-hydrogen) atoms. The van der Waals surface area contributed by atoms with E-state index in [1.165, 1.54) is 4.88 Å². The molecular formula is C12H22N4OS. The molecule has 1 amide bonds. The van der Waals surface area contributed by atoms with Crippen LogP contribution in [-0.4, -0.2) is 54.4 Å². The van der Waals surface area contributed by atoms with Crippen LogP contribution in [0.3, 0.4) is 0 Å². The average Bonchev–Trinajstić information content (AvgIpc) is 2.71. The largest absolute Gasteiger partial charge is 0.349 e. The molecule has 1 unspecified atom stereocenters. The molecule has 1 rings (SSSR count). The van der Waals surface area contributed by atoms with E-state index in [4.69, 9.17) is 5.73 Å². The Kier molecular flexibility index (Phi) is 5.71. The molecule has 0 aliphatic carbocycles. The highest BCUT2D eigenvalue weighted by atomic mass is 32.1. The number of aryl methyl sites for hydroxylation is 1. The third kappa shape index (κ3) is 4.04. The average molecular weight is 270 g/mol. The Bertz CT molecular complexity index is 391. The van der Waals surface area contributed by atoms with Crippen LogP contribution in [0.25, 0.3) is 0 Å². The van der Waals surface area contributed by atoms with E-state index in [-0.39, 0.29) is 11.9 Å². The van der Waals surface area contributed by atoms with Crippen LogP contribution in [0.15, 0.2) is 5.51 Å². The van der Waals surface area contributed by atoms with Crippen molar-refractivity contribution in [1.29, 1.82) is 0 Å². The number of likely N-dealkylation sites (N-methyl/N-ethyl adjacent to an activating group) is 1. The van der Waals surface area contributed by atoms with Crippen molar-refractivity contribution in [2.45, 2.75) is 25.9 Å². The van der Waals surface area contributed by atoms with E-state index in [9.17, 15) is 4.79 Å². The number of aromatic nitrogens is 1. The topological polar surface area (TPSA) is 62.5 Å². The van der Waals surface area contributed by atoms with Crippen molar-refractivity contribution in [3.05, 3.63) is 16.1 Å². The van der Waals surface area contributed by atoms with Gasteiger partial charge in [-0.3, -0.25) is 9.69 Å². The molecule has 2 N–H and O–H groups in total. The van der Waals surface area contributed by atoms with E-state index in [0.717, 1.165) is 12.2 Å². The van der Waals surface area contributed by atoms with E-state index < -0.39 is 0 Å². The Morgan fingerprint density at radius 3 is 2.61 bits per heavy atom. The molecule has 0 saturated carbocycles. The van der Waals surface area contributed by atoms with Gasteiger partial charge in [0.05, 0.1) is 11.2 Å². The van der Waals surface area contributed by atoms with Gasteiger partial charge in [0, 0.05) is 44.5 Å². The summed E-state index contributed by atoms with van der Waals surface area (Å²) in [6.45, 7) is 3.27. The van der Waals surface area contributed by atoms with Gasteiger partial charge >= 0.3 is 0 Å². The molecule has 0 bridgehead atoms. The zero-order chi connectivity index (χ0) is 13.7. The van der Waals surface area contributed by atoms with Gasteiger partial charge in [-0.2, -0.15) is 0 Å². The molecule has 1 heterocycles. The summed E-state index contributed by atoms with van der Waals surface area (Å²) in [5.41, 5.74) is 8.67. The molecule has 0 aliphatic rings. The summed E-state index contributed by atoms with van der Waals surface area (Å²) >= 11 is 1.64. The number of nitrogens with two attached hydrogens (primary N) is 1. The van der Waals surface area contributed by atoms with Crippen LogP contribution in [0, 0.1) is 6.92 Å². The molecule has 0 aromatic carbocycles. The Hall–Kier alpha value is -0.980. The molecule has 1 aromatic rings. The maximum atomic E-state index is 11.7. The molecule has 102 valence electrons. The summed E-state index contributed by atoms with van der Waals surface area (Å²) in [6, 6.07) is 0.0707. The van der Waals surface area contributed by atoms with E-state index in [2.05, 4.69) is 9.88 Å². The first-order valence-electron chi connectivity index (χ1n) is 5.95. The highest BCUT2D eigenvalue weighted by Gasteiger charge is 2.19. The summed E-state index contributed by atoms with van der Waals surface area (Å²) in [7, 11) is 5.53. The van der Waals surface area contributed by atoms with Gasteiger partial charge in [-0.15, -0.1) is 11.3 Å². The van der Waals surface area contributed by atoms with E-state index in [1.807, 2.05) is 19.5 Å². The molecule has 0 fully saturated rings. The molecule has 6 heteroatoms. The predicted octanol–water partition coefficient (Wildman–Crippen LogP) is 0.689. The Balaban J connectivity index is 2.60. The van der Waals surface area contributed by atoms with Crippen LogP contribution < -0.4 is 5.73 Å². The SMILES string of the molecule is Cc1ncsc1CN(C)C(CN)CC(=O)N(C)C. The summed E-state index contributed by atoms with van der Waals surface area (Å²) in [6.07, 6.45) is 0.456. The maximum absolute atomic E-state index is 11.7. The van der Waals surface area contributed by atoms with Crippen molar-refractivity contribution in [2.75, 3.05) is 27.7 Å². The van der Waals surface area contributed by atoms with Crippen LogP contribution in [0.2, 0.25) is 0 Å². The second-order valence-electron chi connectivity index (χ2n) is 4.66. The van der Waals surface area contributed by atoms with Crippen LogP contribution in [0.5, 0.6) is 0 Å². The third-order valence-corrected chi connectivity index (χ3v) is 3.96. The normalized spacial score (nSPS) is 12.8. The first-order valence-corrected chi connectivity index (χ1v) is 6.83. The lowest BCUT2D eigenvalue weighted by atomic mass is 10.1. The van der Waals surface area contributed by atoms with Crippen molar-refractivity contribution in [3.8, 4) is 0 Å². The standard InChI is InChI=1S/C12H22N4OS/c1-9-11(18-8-14-9)7-16(4)10(6-13)5-12(17)15(2)3/h8,10H,5-7,13H2,1-4H3. The molecule has 0 aliphatic heterocycles. The van der Waals surface area contributed by atoms with Gasteiger partial charge < -0.3 is 10.6 Å². The molecule has 0 radical (unpaired) electrons. The Labute approximate surface area is 113 Å². The maximum Gasteiger partial charge on any atom is 0.223 e. The van der Waals surface area contributed by atoms with Crippen LogP contribution in [0.4, 0.5) is 0 Å². The summed E-state index contributed by atoms with van der Waals surface area (Å²) in [5.74, 6) is 0.110. The summed E-state index contributed by atoms with van der Waals surface area (Å²) in [5, 5.41) is 0. The molecular weight excluding hydrogens is 248 g/mol. The lowest BCUT2D eigenvalue weighted by molar-refractivity contribution is -0.129. The number of nitrogens with zero attached hydrogens (tertiary/aromatic N) is 3. The van der Waals surface area contributed by atoms with Crippen molar-refractivity contribution in [1.82, 2.24) is 14.8 Å². The Morgan fingerprint density at radius 1 is 1.50 bits per heavy atom. The highest BCUT2D eigenvalue weighted by Crippen LogP contribution is 2.16. The van der Waals surface area contributed by atoms with Gasteiger partial charge in [-0.25, -0.2) is 4.98 Å². The molecule has 5 nitrogen and oxygen atoms in total. The number of carbonyl (C=O) groups excluding carboxylic acids is 1. The fourth-order valence-corrected chi connectivity index (χ4v) is 2.48. The van der Waals surface area contributed by atoms with Gasteiger partial charge in [0.25, 0.3) is 0 Å². The van der Waals surface area contributed by atoms with Crippen molar-refractivity contribution < 1.29 is 4.79 Å². The molecule has 0 saturated heterocycles. The first-order chi connectivity index (χ1) is 8.45. The second-order valence-corrected chi connectivity index (χ2v) is 5.60. The minimum absolute atomic E-state index is 0.0707.